The number of hydrogen-bond acceptors (Lipinski definition) is 4. The van der Waals surface area contributed by atoms with Crippen LogP contribution in [0, 0.1) is 6.92 Å². The fraction of sp³-hybridized carbons (Fsp3) is 0.222. The molecule has 8 heteroatoms. The largest absolute Gasteiger partial charge is 0.324 e. The molecule has 0 saturated carbocycles. The van der Waals surface area contributed by atoms with Gasteiger partial charge < -0.3 is 5.32 Å². The Morgan fingerprint density at radius 3 is 2.27 bits per heavy atom. The number of Topliss-reactive ketones (excluding diaryl/α,β-unsaturated/α-hetero) is 1. The molecule has 0 bridgehead atoms. The molecular weight excluding hydrogens is 376 g/mol. The Balaban J connectivity index is 2.24. The number of halogens is 1. The Hall–Kier alpha value is -2.38. The smallest absolute Gasteiger partial charge is 0.245 e. The second kappa shape index (κ2) is 7.88. The second-order valence-electron chi connectivity index (χ2n) is 5.88. The molecule has 0 saturated heterocycles. The molecule has 0 atom stereocenters. The molecule has 138 valence electrons. The number of carbonyl (C=O) groups is 2. The van der Waals surface area contributed by atoms with Crippen LogP contribution < -0.4 is 9.62 Å². The number of nitrogens with one attached hydrogen (secondary N) is 1. The molecule has 2 rings (SSSR count). The van der Waals surface area contributed by atoms with Gasteiger partial charge in [0.2, 0.25) is 15.9 Å². The summed E-state index contributed by atoms with van der Waals surface area (Å²) < 4.78 is 25.2. The predicted molar refractivity (Wildman–Crippen MR) is 103 cm³/mol. The molecule has 0 unspecified atom stereocenters. The summed E-state index contributed by atoms with van der Waals surface area (Å²) in [5, 5.41) is 3.13. The number of amides is 1. The predicted octanol–water partition coefficient (Wildman–Crippen LogP) is 3.26. The average Bonchev–Trinajstić information content (AvgIpc) is 2.55. The first kappa shape index (κ1) is 19.9. The third kappa shape index (κ3) is 5.06. The van der Waals surface area contributed by atoms with Crippen LogP contribution in [-0.4, -0.2) is 32.9 Å². The maximum absolute atomic E-state index is 12.4. The molecule has 0 fully saturated rings. The fourth-order valence-corrected chi connectivity index (χ4v) is 3.34. The summed E-state index contributed by atoms with van der Waals surface area (Å²) in [5.74, 6) is -0.631. The van der Waals surface area contributed by atoms with E-state index in [0.717, 1.165) is 16.1 Å². The van der Waals surface area contributed by atoms with Gasteiger partial charge in [0.1, 0.15) is 6.54 Å². The number of benzene rings is 2. The Morgan fingerprint density at radius 2 is 1.73 bits per heavy atom. The number of sulfonamides is 1. The minimum atomic E-state index is -3.70. The molecule has 0 aromatic heterocycles. The van der Waals surface area contributed by atoms with E-state index in [9.17, 15) is 18.0 Å². The molecule has 2 aromatic carbocycles. The van der Waals surface area contributed by atoms with Crippen LogP contribution in [0.4, 0.5) is 11.4 Å². The molecule has 1 N–H and O–H groups in total. The highest BCUT2D eigenvalue weighted by Gasteiger charge is 2.21. The van der Waals surface area contributed by atoms with E-state index >= 15 is 0 Å². The van der Waals surface area contributed by atoms with Gasteiger partial charge in [-0.25, -0.2) is 8.42 Å². The van der Waals surface area contributed by atoms with Crippen molar-refractivity contribution in [1.82, 2.24) is 0 Å². The summed E-state index contributed by atoms with van der Waals surface area (Å²) in [4.78, 5) is 23.7. The van der Waals surface area contributed by atoms with Crippen molar-refractivity contribution in [2.75, 3.05) is 22.4 Å². The van der Waals surface area contributed by atoms with E-state index in [-0.39, 0.29) is 5.78 Å². The van der Waals surface area contributed by atoms with Gasteiger partial charge in [-0.05, 0) is 55.8 Å². The van der Waals surface area contributed by atoms with Crippen molar-refractivity contribution in [2.45, 2.75) is 13.8 Å². The summed E-state index contributed by atoms with van der Waals surface area (Å²) >= 11 is 5.93. The number of aryl methyl sites for hydroxylation is 1. The molecule has 0 aliphatic heterocycles. The summed E-state index contributed by atoms with van der Waals surface area (Å²) in [6, 6.07) is 11.1. The lowest BCUT2D eigenvalue weighted by Crippen LogP contribution is -2.37. The lowest BCUT2D eigenvalue weighted by molar-refractivity contribution is -0.114. The fourth-order valence-electron chi connectivity index (χ4n) is 2.31. The van der Waals surface area contributed by atoms with Gasteiger partial charge in [0.25, 0.3) is 0 Å². The first-order chi connectivity index (χ1) is 12.1. The Labute approximate surface area is 157 Å². The zero-order valence-corrected chi connectivity index (χ0v) is 16.2. The zero-order chi connectivity index (χ0) is 19.5. The van der Waals surface area contributed by atoms with E-state index in [1.165, 1.54) is 31.2 Å². The number of carbonyl (C=O) groups excluding carboxylic acids is 2. The highest BCUT2D eigenvalue weighted by atomic mass is 35.5. The van der Waals surface area contributed by atoms with Crippen LogP contribution in [0.1, 0.15) is 22.8 Å². The van der Waals surface area contributed by atoms with Crippen LogP contribution in [0.3, 0.4) is 0 Å². The molecule has 0 heterocycles. The molecule has 0 aliphatic carbocycles. The average molecular weight is 395 g/mol. The third-order valence-electron chi connectivity index (χ3n) is 3.72. The quantitative estimate of drug-likeness (QED) is 0.762. The summed E-state index contributed by atoms with van der Waals surface area (Å²) in [6.07, 6.45) is 1.02. The van der Waals surface area contributed by atoms with Gasteiger partial charge >= 0.3 is 0 Å². The number of ketones is 1. The number of nitrogens with zero attached hydrogens (tertiary/aromatic N) is 1. The van der Waals surface area contributed by atoms with E-state index in [0.29, 0.717) is 22.0 Å². The van der Waals surface area contributed by atoms with E-state index in [1.807, 2.05) is 0 Å². The van der Waals surface area contributed by atoms with Crippen LogP contribution >= 0.6 is 11.6 Å². The molecule has 0 radical (unpaired) electrons. The Kier molecular flexibility index (Phi) is 6.05. The van der Waals surface area contributed by atoms with Gasteiger partial charge in [-0.15, -0.1) is 0 Å². The van der Waals surface area contributed by atoms with Crippen LogP contribution in [0.2, 0.25) is 5.02 Å². The van der Waals surface area contributed by atoms with Crippen molar-refractivity contribution in [3.05, 3.63) is 58.6 Å². The number of hydrogen-bond donors (Lipinski definition) is 1. The molecule has 1 amide bonds. The van der Waals surface area contributed by atoms with E-state index < -0.39 is 22.5 Å². The van der Waals surface area contributed by atoms with E-state index in [1.54, 1.807) is 25.1 Å². The van der Waals surface area contributed by atoms with Gasteiger partial charge in [-0.2, -0.15) is 0 Å². The maximum atomic E-state index is 12.4. The lowest BCUT2D eigenvalue weighted by Gasteiger charge is -2.22. The molecule has 0 spiro atoms. The lowest BCUT2D eigenvalue weighted by atomic mass is 10.1. The van der Waals surface area contributed by atoms with Crippen LogP contribution in [0.5, 0.6) is 0 Å². The summed E-state index contributed by atoms with van der Waals surface area (Å²) in [7, 11) is -3.70. The monoisotopic (exact) mass is 394 g/mol. The van der Waals surface area contributed by atoms with Crippen molar-refractivity contribution in [2.24, 2.45) is 0 Å². The maximum Gasteiger partial charge on any atom is 0.245 e. The minimum absolute atomic E-state index is 0.128. The van der Waals surface area contributed by atoms with Crippen molar-refractivity contribution in [3.8, 4) is 0 Å². The van der Waals surface area contributed by atoms with E-state index in [4.69, 9.17) is 11.6 Å². The number of anilines is 2. The normalized spacial score (nSPS) is 11.1. The van der Waals surface area contributed by atoms with E-state index in [2.05, 4.69) is 5.32 Å². The van der Waals surface area contributed by atoms with Crippen molar-refractivity contribution < 1.29 is 18.0 Å². The topological polar surface area (TPSA) is 83.6 Å². The van der Waals surface area contributed by atoms with Gasteiger partial charge in [0.05, 0.1) is 11.9 Å². The van der Waals surface area contributed by atoms with Crippen LogP contribution in [0.15, 0.2) is 42.5 Å². The summed E-state index contributed by atoms with van der Waals surface area (Å²) in [5.41, 5.74) is 2.08. The first-order valence-corrected chi connectivity index (χ1v) is 9.95. The first-order valence-electron chi connectivity index (χ1n) is 7.72. The molecular formula is C18H19ClN2O4S. The summed E-state index contributed by atoms with van der Waals surface area (Å²) in [6.45, 7) is 2.83. The third-order valence-corrected chi connectivity index (χ3v) is 5.10. The van der Waals surface area contributed by atoms with Crippen LogP contribution in [0.25, 0.3) is 0 Å². The second-order valence-corrected chi connectivity index (χ2v) is 8.22. The highest BCUT2D eigenvalue weighted by Crippen LogP contribution is 2.22. The van der Waals surface area contributed by atoms with Gasteiger partial charge in [-0.1, -0.05) is 17.7 Å². The zero-order valence-electron chi connectivity index (χ0n) is 14.6. The van der Waals surface area contributed by atoms with Crippen molar-refractivity contribution in [3.63, 3.8) is 0 Å². The molecule has 0 aliphatic rings. The van der Waals surface area contributed by atoms with Crippen molar-refractivity contribution in [1.29, 1.82) is 0 Å². The standard InChI is InChI=1S/C18H19ClN2O4S/c1-12-4-7-15(19)10-17(12)20-18(23)11-21(26(3,24)25)16-8-5-14(6-9-16)13(2)22/h4-10H,11H2,1-3H3,(H,20,23). The Bertz CT molecular complexity index is 940. The van der Waals surface area contributed by atoms with Gasteiger partial charge in [0.15, 0.2) is 5.78 Å². The van der Waals surface area contributed by atoms with Crippen molar-refractivity contribution >= 4 is 44.7 Å². The highest BCUT2D eigenvalue weighted by molar-refractivity contribution is 7.92. The SMILES string of the molecule is CC(=O)c1ccc(N(CC(=O)Nc2cc(Cl)ccc2C)S(C)(=O)=O)cc1. The molecule has 2 aromatic rings. The van der Waals surface area contributed by atoms with Gasteiger partial charge in [-0.3, -0.25) is 13.9 Å². The minimum Gasteiger partial charge on any atom is -0.324 e. The Morgan fingerprint density at radius 1 is 1.12 bits per heavy atom. The molecule has 6 nitrogen and oxygen atoms in total. The molecule has 26 heavy (non-hydrogen) atoms. The number of rotatable bonds is 6. The van der Waals surface area contributed by atoms with Gasteiger partial charge in [0, 0.05) is 16.3 Å². The van der Waals surface area contributed by atoms with Crippen LogP contribution in [-0.2, 0) is 14.8 Å².